The average molecular weight is 764 g/mol. The highest BCUT2D eigenvalue weighted by Crippen LogP contribution is 2.32. The van der Waals surface area contributed by atoms with E-state index in [0.717, 1.165) is 104 Å². The van der Waals surface area contributed by atoms with E-state index in [0.29, 0.717) is 37.0 Å². The molecule has 0 radical (unpaired) electrons. The van der Waals surface area contributed by atoms with Gasteiger partial charge in [0.2, 0.25) is 0 Å². The number of ether oxygens (including phenoxy) is 3. The van der Waals surface area contributed by atoms with Crippen LogP contribution in [-0.2, 0) is 24.2 Å². The quantitative estimate of drug-likeness (QED) is 0.0647. The number of halogens is 1. The fraction of sp³-hybridized carbons (Fsp3) is 0.378. The average Bonchev–Trinajstić information content (AvgIpc) is 3.53. The molecule has 6 rings (SSSR count). The van der Waals surface area contributed by atoms with E-state index in [1.165, 1.54) is 5.69 Å². The number of esters is 1. The van der Waals surface area contributed by atoms with E-state index in [4.69, 9.17) is 30.8 Å². The van der Waals surface area contributed by atoms with Crippen LogP contribution in [0.15, 0.2) is 97.1 Å². The van der Waals surface area contributed by atoms with Crippen molar-refractivity contribution in [1.82, 2.24) is 14.5 Å². The summed E-state index contributed by atoms with van der Waals surface area (Å²) in [5, 5.41) is 0.509. The van der Waals surface area contributed by atoms with Crippen molar-refractivity contribution in [3.8, 4) is 22.6 Å². The molecule has 0 aliphatic carbocycles. The Hall–Kier alpha value is -4.99. The molecule has 0 amide bonds. The molecule has 5 aromatic rings. The standard InChI is InChI=1S/C45H54ClN5O4/c1-5-7-17-42-47-43(46)44(51(42)33-35-18-22-36(23-19-35)38-13-8-9-14-39(38)45(52)54-6-2)48(3)32-34-20-24-37(25-21-34)55-31-12-26-49-27-29-50(30-28-49)40-15-10-11-16-41(40)53-4/h8-11,13-16,18-25H,5-7,12,17,26-33H2,1-4H3. The Morgan fingerprint density at radius 2 is 1.56 bits per heavy atom. The van der Waals surface area contributed by atoms with Crippen LogP contribution in [0.25, 0.3) is 11.1 Å². The molecule has 0 bridgehead atoms. The van der Waals surface area contributed by atoms with Gasteiger partial charge in [-0.2, -0.15) is 0 Å². The molecule has 10 heteroatoms. The number of hydrogen-bond acceptors (Lipinski definition) is 8. The Balaban J connectivity index is 1.04. The third-order valence-corrected chi connectivity index (χ3v) is 10.4. The minimum atomic E-state index is -0.312. The summed E-state index contributed by atoms with van der Waals surface area (Å²) in [5.74, 6) is 3.38. The Labute approximate surface area is 331 Å². The van der Waals surface area contributed by atoms with E-state index >= 15 is 0 Å². The second kappa shape index (κ2) is 19.6. The lowest BCUT2D eigenvalue weighted by atomic mass is 9.98. The molecule has 55 heavy (non-hydrogen) atoms. The Kier molecular flexibility index (Phi) is 14.1. The molecule has 290 valence electrons. The van der Waals surface area contributed by atoms with Gasteiger partial charge in [-0.25, -0.2) is 9.78 Å². The van der Waals surface area contributed by atoms with Gasteiger partial charge in [-0.1, -0.05) is 91.7 Å². The van der Waals surface area contributed by atoms with Gasteiger partial charge in [-0.05, 0) is 72.4 Å². The summed E-state index contributed by atoms with van der Waals surface area (Å²) in [6.45, 7) is 11.4. The number of piperazine rings is 1. The molecule has 1 aliphatic rings. The van der Waals surface area contributed by atoms with Crippen molar-refractivity contribution >= 4 is 29.1 Å². The Morgan fingerprint density at radius 3 is 2.29 bits per heavy atom. The van der Waals surface area contributed by atoms with Crippen LogP contribution < -0.4 is 19.3 Å². The molecular weight excluding hydrogens is 710 g/mol. The van der Waals surface area contributed by atoms with Crippen LogP contribution in [0.2, 0.25) is 5.15 Å². The highest BCUT2D eigenvalue weighted by atomic mass is 35.5. The molecule has 0 spiro atoms. The van der Waals surface area contributed by atoms with Crippen molar-refractivity contribution in [1.29, 1.82) is 0 Å². The fourth-order valence-electron chi connectivity index (χ4n) is 7.23. The summed E-state index contributed by atoms with van der Waals surface area (Å²) < 4.78 is 19.3. The molecule has 1 saturated heterocycles. The largest absolute Gasteiger partial charge is 0.495 e. The SMILES string of the molecule is CCCCc1nc(Cl)c(N(C)Cc2ccc(OCCCN3CCN(c4ccccc4OC)CC3)cc2)n1Cc1ccc(-c2ccccc2C(=O)OCC)cc1. The first kappa shape index (κ1) is 39.7. The van der Waals surface area contributed by atoms with E-state index in [9.17, 15) is 4.79 Å². The molecule has 9 nitrogen and oxygen atoms in total. The minimum Gasteiger partial charge on any atom is -0.495 e. The van der Waals surface area contributed by atoms with E-state index in [2.05, 4.69) is 93.9 Å². The number of imidazole rings is 1. The van der Waals surface area contributed by atoms with Crippen LogP contribution in [0.3, 0.4) is 0 Å². The monoisotopic (exact) mass is 763 g/mol. The van der Waals surface area contributed by atoms with Crippen molar-refractivity contribution in [2.24, 2.45) is 0 Å². The number of anilines is 2. The Morgan fingerprint density at radius 1 is 0.855 bits per heavy atom. The normalized spacial score (nSPS) is 13.1. The van der Waals surface area contributed by atoms with E-state index in [1.54, 1.807) is 7.11 Å². The molecule has 0 atom stereocenters. The molecule has 0 saturated carbocycles. The van der Waals surface area contributed by atoms with Crippen LogP contribution in [0, 0.1) is 0 Å². The number of hydrogen-bond donors (Lipinski definition) is 0. The van der Waals surface area contributed by atoms with Gasteiger partial charge in [0.1, 0.15) is 23.1 Å². The van der Waals surface area contributed by atoms with Crippen LogP contribution >= 0.6 is 11.6 Å². The summed E-state index contributed by atoms with van der Waals surface area (Å²) in [7, 11) is 3.80. The summed E-state index contributed by atoms with van der Waals surface area (Å²) in [6, 6.07) is 32.6. The van der Waals surface area contributed by atoms with Crippen LogP contribution in [0.5, 0.6) is 11.5 Å². The molecule has 1 aromatic heterocycles. The van der Waals surface area contributed by atoms with Crippen molar-refractivity contribution < 1.29 is 19.0 Å². The van der Waals surface area contributed by atoms with Crippen LogP contribution in [0.4, 0.5) is 11.5 Å². The molecule has 1 fully saturated rings. The highest BCUT2D eigenvalue weighted by Gasteiger charge is 2.21. The Bertz CT molecular complexity index is 1970. The lowest BCUT2D eigenvalue weighted by molar-refractivity contribution is 0.0527. The maximum absolute atomic E-state index is 12.6. The number of rotatable bonds is 18. The van der Waals surface area contributed by atoms with Crippen molar-refractivity contribution in [3.05, 3.63) is 125 Å². The smallest absolute Gasteiger partial charge is 0.338 e. The predicted octanol–water partition coefficient (Wildman–Crippen LogP) is 9.01. The summed E-state index contributed by atoms with van der Waals surface area (Å²) in [4.78, 5) is 24.6. The summed E-state index contributed by atoms with van der Waals surface area (Å²) in [5.41, 5.74) is 5.84. The second-order valence-corrected chi connectivity index (χ2v) is 14.4. The van der Waals surface area contributed by atoms with Gasteiger partial charge < -0.3 is 28.6 Å². The first-order chi connectivity index (χ1) is 26.9. The number of aromatic nitrogens is 2. The molecule has 2 heterocycles. The number of carbonyl (C=O) groups excluding carboxylic acids is 1. The zero-order chi connectivity index (χ0) is 38.6. The first-order valence-corrected chi connectivity index (χ1v) is 19.9. The number of benzene rings is 4. The van der Waals surface area contributed by atoms with Crippen molar-refractivity contribution in [2.75, 3.05) is 69.9 Å². The number of unbranched alkanes of at least 4 members (excludes halogenated alkanes) is 1. The van der Waals surface area contributed by atoms with Gasteiger partial charge in [0.25, 0.3) is 0 Å². The summed E-state index contributed by atoms with van der Waals surface area (Å²) >= 11 is 6.89. The highest BCUT2D eigenvalue weighted by molar-refractivity contribution is 6.31. The molecule has 0 N–H and O–H groups in total. The number of nitrogens with zero attached hydrogens (tertiary/aromatic N) is 5. The van der Waals surface area contributed by atoms with Gasteiger partial charge in [0.15, 0.2) is 5.15 Å². The second-order valence-electron chi connectivity index (χ2n) is 14.0. The third-order valence-electron chi connectivity index (χ3n) is 10.2. The van der Waals surface area contributed by atoms with Crippen molar-refractivity contribution in [2.45, 2.75) is 52.6 Å². The van der Waals surface area contributed by atoms with E-state index < -0.39 is 0 Å². The zero-order valence-corrected chi connectivity index (χ0v) is 33.4. The lowest BCUT2D eigenvalue weighted by Crippen LogP contribution is -2.46. The van der Waals surface area contributed by atoms with Crippen molar-refractivity contribution in [3.63, 3.8) is 0 Å². The first-order valence-electron chi connectivity index (χ1n) is 19.5. The summed E-state index contributed by atoms with van der Waals surface area (Å²) in [6.07, 6.45) is 3.92. The molecule has 4 aromatic carbocycles. The fourth-order valence-corrected chi connectivity index (χ4v) is 7.57. The molecule has 0 unspecified atom stereocenters. The molecular formula is C45H54ClN5O4. The predicted molar refractivity (Wildman–Crippen MR) is 223 cm³/mol. The molecule has 1 aliphatic heterocycles. The number of para-hydroxylation sites is 2. The maximum Gasteiger partial charge on any atom is 0.338 e. The number of aryl methyl sites for hydroxylation is 1. The van der Waals surface area contributed by atoms with E-state index in [1.807, 2.05) is 43.3 Å². The van der Waals surface area contributed by atoms with Gasteiger partial charge in [0.05, 0.1) is 38.1 Å². The topological polar surface area (TPSA) is 72.3 Å². The van der Waals surface area contributed by atoms with Crippen LogP contribution in [0.1, 0.15) is 60.4 Å². The number of carbonyl (C=O) groups is 1. The minimum absolute atomic E-state index is 0.312. The lowest BCUT2D eigenvalue weighted by Gasteiger charge is -2.36. The number of methoxy groups -OCH3 is 1. The van der Waals surface area contributed by atoms with Gasteiger partial charge in [0, 0.05) is 52.7 Å². The zero-order valence-electron chi connectivity index (χ0n) is 32.7. The van der Waals surface area contributed by atoms with E-state index in [-0.39, 0.29) is 5.97 Å². The van der Waals surface area contributed by atoms with Gasteiger partial charge in [-0.3, -0.25) is 4.90 Å². The maximum atomic E-state index is 12.6. The third kappa shape index (κ3) is 10.2. The van der Waals surface area contributed by atoms with Gasteiger partial charge >= 0.3 is 5.97 Å². The van der Waals surface area contributed by atoms with Crippen LogP contribution in [-0.4, -0.2) is 80.5 Å². The van der Waals surface area contributed by atoms with Gasteiger partial charge in [-0.15, -0.1) is 0 Å².